The lowest BCUT2D eigenvalue weighted by Gasteiger charge is -2.40. The molecule has 1 fully saturated rings. The fourth-order valence-electron chi connectivity index (χ4n) is 1.96. The van der Waals surface area contributed by atoms with Gasteiger partial charge in [0.15, 0.2) is 0 Å². The summed E-state index contributed by atoms with van der Waals surface area (Å²) < 4.78 is 26.8. The average molecular weight is 280 g/mol. The van der Waals surface area contributed by atoms with E-state index in [1.54, 1.807) is 0 Å². The minimum atomic E-state index is -3.49. The van der Waals surface area contributed by atoms with Gasteiger partial charge in [0.05, 0.1) is 6.54 Å². The third-order valence-electron chi connectivity index (χ3n) is 3.03. The fourth-order valence-corrected chi connectivity index (χ4v) is 1.96. The summed E-state index contributed by atoms with van der Waals surface area (Å²) in [6.45, 7) is 0.0128. The standard InChI is InChI=1S/C12H15F2NO2.ClH/c13-11(14)9-15(7-6-12(11,16)17)8-10-4-2-1-3-5-10;/h1-5,16-17H,6-9H2;1H. The Balaban J connectivity index is 0.00000162. The van der Waals surface area contributed by atoms with Gasteiger partial charge in [-0.05, 0) is 5.56 Å². The molecule has 0 radical (unpaired) electrons. The molecule has 0 spiro atoms. The monoisotopic (exact) mass is 279 g/mol. The van der Waals surface area contributed by atoms with Crippen molar-refractivity contribution in [3.05, 3.63) is 35.9 Å². The Morgan fingerprint density at radius 3 is 2.33 bits per heavy atom. The number of hydrogen-bond donors (Lipinski definition) is 2. The van der Waals surface area contributed by atoms with E-state index in [0.29, 0.717) is 6.54 Å². The van der Waals surface area contributed by atoms with Gasteiger partial charge in [-0.1, -0.05) is 30.3 Å². The molecule has 6 heteroatoms. The van der Waals surface area contributed by atoms with Gasteiger partial charge in [-0.2, -0.15) is 8.78 Å². The molecule has 0 unspecified atom stereocenters. The van der Waals surface area contributed by atoms with E-state index >= 15 is 0 Å². The number of halogens is 3. The summed E-state index contributed by atoms with van der Waals surface area (Å²) in [4.78, 5) is 1.53. The average Bonchev–Trinajstić information content (AvgIpc) is 2.25. The molecular formula is C12H16ClF2NO2. The van der Waals surface area contributed by atoms with Crippen molar-refractivity contribution < 1.29 is 19.0 Å². The van der Waals surface area contributed by atoms with Gasteiger partial charge >= 0.3 is 5.92 Å². The van der Waals surface area contributed by atoms with Gasteiger partial charge in [-0.3, -0.25) is 4.90 Å². The van der Waals surface area contributed by atoms with Crippen LogP contribution in [0, 0.1) is 0 Å². The van der Waals surface area contributed by atoms with Gasteiger partial charge in [0.2, 0.25) is 5.79 Å². The number of hydrogen-bond acceptors (Lipinski definition) is 3. The lowest BCUT2D eigenvalue weighted by Crippen LogP contribution is -2.59. The Morgan fingerprint density at radius 1 is 1.17 bits per heavy atom. The summed E-state index contributed by atoms with van der Waals surface area (Å²) in [5.74, 6) is -6.36. The number of likely N-dealkylation sites (tertiary alicyclic amines) is 1. The van der Waals surface area contributed by atoms with Crippen LogP contribution in [0.2, 0.25) is 0 Å². The van der Waals surface area contributed by atoms with Crippen molar-refractivity contribution in [1.29, 1.82) is 0 Å². The lowest BCUT2D eigenvalue weighted by molar-refractivity contribution is -0.318. The predicted octanol–water partition coefficient (Wildman–Crippen LogP) is 1.63. The maximum absolute atomic E-state index is 13.4. The number of alkyl halides is 2. The summed E-state index contributed by atoms with van der Waals surface area (Å²) >= 11 is 0. The minimum absolute atomic E-state index is 0. The Morgan fingerprint density at radius 2 is 1.78 bits per heavy atom. The number of nitrogens with zero attached hydrogens (tertiary/aromatic N) is 1. The molecular weight excluding hydrogens is 264 g/mol. The van der Waals surface area contributed by atoms with Crippen LogP contribution in [-0.4, -0.2) is 39.9 Å². The molecule has 1 aromatic rings. The van der Waals surface area contributed by atoms with E-state index in [-0.39, 0.29) is 25.4 Å². The second-order valence-electron chi connectivity index (χ2n) is 4.47. The molecule has 0 atom stereocenters. The van der Waals surface area contributed by atoms with Crippen molar-refractivity contribution in [1.82, 2.24) is 4.90 Å². The number of rotatable bonds is 2. The van der Waals surface area contributed by atoms with Crippen LogP contribution in [0.5, 0.6) is 0 Å². The van der Waals surface area contributed by atoms with E-state index in [1.807, 2.05) is 30.3 Å². The highest BCUT2D eigenvalue weighted by molar-refractivity contribution is 5.85. The van der Waals surface area contributed by atoms with Crippen LogP contribution >= 0.6 is 12.4 Å². The molecule has 102 valence electrons. The largest absolute Gasteiger partial charge is 0.361 e. The van der Waals surface area contributed by atoms with E-state index < -0.39 is 18.3 Å². The predicted molar refractivity (Wildman–Crippen MR) is 65.7 cm³/mol. The molecule has 18 heavy (non-hydrogen) atoms. The van der Waals surface area contributed by atoms with Crippen LogP contribution in [0.15, 0.2) is 30.3 Å². The summed E-state index contributed by atoms with van der Waals surface area (Å²) in [6.07, 6.45) is -0.340. The maximum atomic E-state index is 13.4. The van der Waals surface area contributed by atoms with Gasteiger partial charge in [0, 0.05) is 19.5 Å². The van der Waals surface area contributed by atoms with E-state index in [1.165, 1.54) is 4.90 Å². The highest BCUT2D eigenvalue weighted by Crippen LogP contribution is 2.34. The zero-order valence-corrected chi connectivity index (χ0v) is 10.5. The van der Waals surface area contributed by atoms with Gasteiger partial charge in [-0.25, -0.2) is 0 Å². The molecule has 0 bridgehead atoms. The molecule has 2 rings (SSSR count). The smallest absolute Gasteiger partial charge is 0.312 e. The van der Waals surface area contributed by atoms with Crippen molar-refractivity contribution in [3.8, 4) is 0 Å². The van der Waals surface area contributed by atoms with Gasteiger partial charge in [-0.15, -0.1) is 12.4 Å². The molecule has 1 saturated heterocycles. The number of benzene rings is 1. The van der Waals surface area contributed by atoms with Crippen LogP contribution in [0.4, 0.5) is 8.78 Å². The highest BCUT2D eigenvalue weighted by Gasteiger charge is 2.55. The molecule has 3 nitrogen and oxygen atoms in total. The molecule has 2 N–H and O–H groups in total. The molecule has 1 aromatic carbocycles. The Hall–Kier alpha value is -0.750. The first-order valence-corrected chi connectivity index (χ1v) is 5.50. The van der Waals surface area contributed by atoms with Crippen molar-refractivity contribution in [2.45, 2.75) is 24.7 Å². The number of piperidine rings is 1. The zero-order valence-electron chi connectivity index (χ0n) is 9.72. The molecule has 1 heterocycles. The van der Waals surface area contributed by atoms with Crippen LogP contribution in [0.25, 0.3) is 0 Å². The summed E-state index contributed by atoms with van der Waals surface area (Å²) in [5, 5.41) is 18.3. The second-order valence-corrected chi connectivity index (χ2v) is 4.47. The third-order valence-corrected chi connectivity index (χ3v) is 3.03. The van der Waals surface area contributed by atoms with Crippen molar-refractivity contribution >= 4 is 12.4 Å². The molecule has 0 aliphatic carbocycles. The first-order valence-electron chi connectivity index (χ1n) is 5.50. The molecule has 0 saturated carbocycles. The van der Waals surface area contributed by atoms with Crippen LogP contribution in [0.1, 0.15) is 12.0 Å². The Kier molecular flexibility index (Phi) is 4.66. The van der Waals surface area contributed by atoms with Gasteiger partial charge in [0.25, 0.3) is 0 Å². The van der Waals surface area contributed by atoms with Crippen molar-refractivity contribution in [2.75, 3.05) is 13.1 Å². The van der Waals surface area contributed by atoms with E-state index in [0.717, 1.165) is 5.56 Å². The summed E-state index contributed by atoms with van der Waals surface area (Å²) in [7, 11) is 0. The topological polar surface area (TPSA) is 43.7 Å². The van der Waals surface area contributed by atoms with Crippen LogP contribution in [0.3, 0.4) is 0 Å². The van der Waals surface area contributed by atoms with E-state index in [9.17, 15) is 8.78 Å². The number of aliphatic hydroxyl groups is 2. The molecule has 1 aliphatic rings. The van der Waals surface area contributed by atoms with Crippen LogP contribution < -0.4 is 0 Å². The quantitative estimate of drug-likeness (QED) is 0.809. The van der Waals surface area contributed by atoms with E-state index in [2.05, 4.69) is 0 Å². The van der Waals surface area contributed by atoms with Crippen LogP contribution in [-0.2, 0) is 6.54 Å². The summed E-state index contributed by atoms with van der Waals surface area (Å²) in [5.41, 5.74) is 0.937. The first-order chi connectivity index (χ1) is 7.91. The van der Waals surface area contributed by atoms with Crippen molar-refractivity contribution in [3.63, 3.8) is 0 Å². The lowest BCUT2D eigenvalue weighted by atomic mass is 9.99. The fraction of sp³-hybridized carbons (Fsp3) is 0.500. The maximum Gasteiger partial charge on any atom is 0.312 e. The normalized spacial score (nSPS) is 22.2. The zero-order chi connectivity index (χ0) is 12.5. The molecule has 0 aromatic heterocycles. The third kappa shape index (κ3) is 3.17. The van der Waals surface area contributed by atoms with Crippen molar-refractivity contribution in [2.24, 2.45) is 0 Å². The van der Waals surface area contributed by atoms with E-state index in [4.69, 9.17) is 10.2 Å². The first kappa shape index (κ1) is 15.3. The summed E-state index contributed by atoms with van der Waals surface area (Å²) in [6, 6.07) is 9.27. The van der Waals surface area contributed by atoms with Gasteiger partial charge in [0.1, 0.15) is 0 Å². The molecule has 0 amide bonds. The highest BCUT2D eigenvalue weighted by atomic mass is 35.5. The Bertz CT molecular complexity index is 387. The SMILES string of the molecule is Cl.OC1(O)CCN(Cc2ccccc2)CC1(F)F. The Labute approximate surface area is 110 Å². The van der Waals surface area contributed by atoms with Gasteiger partial charge < -0.3 is 10.2 Å². The minimum Gasteiger partial charge on any atom is -0.361 e. The second kappa shape index (κ2) is 5.48. The molecule has 1 aliphatic heterocycles.